The smallest absolute Gasteiger partial charge is 0.335 e. The van der Waals surface area contributed by atoms with Crippen molar-refractivity contribution >= 4 is 17.6 Å². The molecule has 0 aliphatic rings. The summed E-state index contributed by atoms with van der Waals surface area (Å²) in [6.07, 6.45) is 16.4. The first-order valence-electron chi connectivity index (χ1n) is 11.5. The molecule has 3 heteroatoms. The van der Waals surface area contributed by atoms with E-state index in [1.807, 2.05) is 49.4 Å². The Morgan fingerprint density at radius 1 is 0.903 bits per heavy atom. The lowest BCUT2D eigenvalue weighted by atomic mass is 10.00. The quantitative estimate of drug-likeness (QED) is 0.191. The summed E-state index contributed by atoms with van der Waals surface area (Å²) in [5, 5.41) is 9.25. The topological polar surface area (TPSA) is 46.5 Å². The van der Waals surface area contributed by atoms with Gasteiger partial charge in [-0.05, 0) is 60.4 Å². The molecule has 0 fully saturated rings. The molecular weight excluding hydrogens is 384 g/mol. The highest BCUT2D eigenvalue weighted by Gasteiger charge is 2.05. The predicted octanol–water partition coefficient (Wildman–Crippen LogP) is 8.02. The fraction of sp³-hybridized carbons (Fsp3) is 0.393. The van der Waals surface area contributed by atoms with Gasteiger partial charge in [0.15, 0.2) is 0 Å². The Morgan fingerprint density at radius 3 is 2.19 bits per heavy atom. The van der Waals surface area contributed by atoms with Crippen LogP contribution < -0.4 is 4.74 Å². The third-order valence-corrected chi connectivity index (χ3v) is 5.26. The number of hydrogen-bond acceptors (Lipinski definition) is 2. The minimum absolute atomic E-state index is 0.289. The van der Waals surface area contributed by atoms with E-state index >= 15 is 0 Å². The second-order valence-electron chi connectivity index (χ2n) is 7.88. The number of carboxylic acid groups (broad SMARTS) is 1. The Bertz CT molecular complexity index is 847. The van der Waals surface area contributed by atoms with E-state index in [4.69, 9.17) is 4.74 Å². The lowest BCUT2D eigenvalue weighted by Gasteiger charge is -2.08. The number of carboxylic acids is 1. The van der Waals surface area contributed by atoms with E-state index in [9.17, 15) is 9.90 Å². The fourth-order valence-electron chi connectivity index (χ4n) is 3.50. The molecule has 31 heavy (non-hydrogen) atoms. The largest absolute Gasteiger partial charge is 0.494 e. The number of rotatable bonds is 14. The van der Waals surface area contributed by atoms with Gasteiger partial charge < -0.3 is 9.84 Å². The molecule has 0 atom stereocenters. The molecule has 0 spiro atoms. The summed E-state index contributed by atoms with van der Waals surface area (Å²) >= 11 is 0. The molecule has 0 radical (unpaired) electrons. The lowest BCUT2D eigenvalue weighted by molar-refractivity contribution is 0.0697. The first-order chi connectivity index (χ1) is 15.1. The maximum absolute atomic E-state index is 11.3. The first-order valence-corrected chi connectivity index (χ1v) is 11.5. The molecule has 0 aromatic heterocycles. The van der Waals surface area contributed by atoms with Gasteiger partial charge >= 0.3 is 5.97 Å². The first kappa shape index (κ1) is 24.5. The maximum atomic E-state index is 11.3. The molecule has 2 aromatic carbocycles. The van der Waals surface area contributed by atoms with Crippen LogP contribution in [0.15, 0.2) is 60.7 Å². The summed E-state index contributed by atoms with van der Waals surface area (Å²) in [5.74, 6) is -0.0276. The third kappa shape index (κ3) is 9.25. The van der Waals surface area contributed by atoms with E-state index in [1.54, 1.807) is 18.2 Å². The van der Waals surface area contributed by atoms with Gasteiger partial charge in [0.05, 0.1) is 12.2 Å². The second kappa shape index (κ2) is 14.2. The maximum Gasteiger partial charge on any atom is 0.335 e. The summed E-state index contributed by atoms with van der Waals surface area (Å²) in [6.45, 7) is 4.97. The molecule has 1 N–H and O–H groups in total. The van der Waals surface area contributed by atoms with E-state index in [0.717, 1.165) is 35.5 Å². The van der Waals surface area contributed by atoms with Gasteiger partial charge in [-0.15, -0.1) is 0 Å². The van der Waals surface area contributed by atoms with E-state index < -0.39 is 5.97 Å². The number of unbranched alkanes of at least 4 members (excludes halogenated alkanes) is 7. The van der Waals surface area contributed by atoms with Gasteiger partial charge in [-0.2, -0.15) is 0 Å². The Kier molecular flexibility index (Phi) is 11.2. The minimum atomic E-state index is -0.917. The Morgan fingerprint density at radius 2 is 1.55 bits per heavy atom. The van der Waals surface area contributed by atoms with E-state index in [1.165, 1.54) is 44.9 Å². The van der Waals surface area contributed by atoms with Crippen molar-refractivity contribution in [1.29, 1.82) is 0 Å². The van der Waals surface area contributed by atoms with Crippen LogP contribution in [0.25, 0.3) is 11.6 Å². The van der Waals surface area contributed by atoms with Gasteiger partial charge in [0.1, 0.15) is 5.75 Å². The van der Waals surface area contributed by atoms with Crippen molar-refractivity contribution in [2.75, 3.05) is 6.61 Å². The number of benzene rings is 2. The molecular formula is C28H36O3. The number of hydrogen-bond donors (Lipinski definition) is 1. The summed E-state index contributed by atoms with van der Waals surface area (Å²) in [5.41, 5.74) is 3.19. The van der Waals surface area contributed by atoms with Crippen molar-refractivity contribution in [3.63, 3.8) is 0 Å². The predicted molar refractivity (Wildman–Crippen MR) is 131 cm³/mol. The van der Waals surface area contributed by atoms with Crippen LogP contribution in [0.2, 0.25) is 0 Å². The Hall–Kier alpha value is -2.81. The molecule has 2 rings (SSSR count). The van der Waals surface area contributed by atoms with E-state index in [2.05, 4.69) is 13.0 Å². The monoisotopic (exact) mass is 420 g/mol. The molecule has 0 bridgehead atoms. The molecule has 0 unspecified atom stereocenters. The SMILES string of the molecule is CC=C/C(=C/c1ccc(OCCCCCCCCCC)cc1)c1cccc(C(=O)O)c1. The summed E-state index contributed by atoms with van der Waals surface area (Å²) < 4.78 is 5.89. The van der Waals surface area contributed by atoms with Crippen molar-refractivity contribution in [1.82, 2.24) is 0 Å². The normalized spacial score (nSPS) is 11.7. The van der Waals surface area contributed by atoms with Crippen LogP contribution in [0.4, 0.5) is 0 Å². The van der Waals surface area contributed by atoms with Crippen LogP contribution in [0, 0.1) is 0 Å². The summed E-state index contributed by atoms with van der Waals surface area (Å²) in [4.78, 5) is 11.3. The zero-order chi connectivity index (χ0) is 22.3. The van der Waals surface area contributed by atoms with Gasteiger partial charge in [0, 0.05) is 0 Å². The highest BCUT2D eigenvalue weighted by atomic mass is 16.5. The summed E-state index contributed by atoms with van der Waals surface area (Å²) in [6, 6.07) is 15.1. The molecule has 0 amide bonds. The Labute approximate surface area is 187 Å². The number of carbonyl (C=O) groups is 1. The molecule has 0 saturated heterocycles. The van der Waals surface area contributed by atoms with Gasteiger partial charge in [0.25, 0.3) is 0 Å². The fourth-order valence-corrected chi connectivity index (χ4v) is 3.50. The van der Waals surface area contributed by atoms with Gasteiger partial charge in [-0.25, -0.2) is 4.79 Å². The average molecular weight is 421 g/mol. The molecule has 0 saturated carbocycles. The van der Waals surface area contributed by atoms with Gasteiger partial charge in [-0.3, -0.25) is 0 Å². The molecule has 0 aliphatic heterocycles. The highest BCUT2D eigenvalue weighted by Crippen LogP contribution is 2.22. The number of aromatic carboxylic acids is 1. The van der Waals surface area contributed by atoms with E-state index in [0.29, 0.717) is 0 Å². The summed E-state index contributed by atoms with van der Waals surface area (Å²) in [7, 11) is 0. The standard InChI is InChI=1S/C28H36O3/c1-3-5-6-7-8-9-10-11-20-31-27-18-16-23(17-19-27)21-24(13-4-2)25-14-12-15-26(22-25)28(29)30/h4,12-19,21-22H,3,5-11,20H2,1-2H3,(H,29,30)/b13-4?,24-21-. The second-order valence-corrected chi connectivity index (χ2v) is 7.88. The van der Waals surface area contributed by atoms with Crippen LogP contribution in [0.5, 0.6) is 5.75 Å². The van der Waals surface area contributed by atoms with Crippen molar-refractivity contribution in [2.24, 2.45) is 0 Å². The van der Waals surface area contributed by atoms with Crippen LogP contribution in [0.1, 0.15) is 86.7 Å². The molecule has 0 heterocycles. The minimum Gasteiger partial charge on any atom is -0.494 e. The van der Waals surface area contributed by atoms with Crippen molar-refractivity contribution < 1.29 is 14.6 Å². The zero-order valence-electron chi connectivity index (χ0n) is 19.0. The number of allylic oxidation sites excluding steroid dienone is 3. The average Bonchev–Trinajstić information content (AvgIpc) is 2.79. The molecule has 166 valence electrons. The lowest BCUT2D eigenvalue weighted by Crippen LogP contribution is -1.97. The molecule has 2 aromatic rings. The van der Waals surface area contributed by atoms with Gasteiger partial charge in [-0.1, -0.05) is 88.3 Å². The zero-order valence-corrected chi connectivity index (χ0v) is 19.0. The van der Waals surface area contributed by atoms with E-state index in [-0.39, 0.29) is 5.56 Å². The van der Waals surface area contributed by atoms with Gasteiger partial charge in [0.2, 0.25) is 0 Å². The van der Waals surface area contributed by atoms with Crippen LogP contribution in [0.3, 0.4) is 0 Å². The van der Waals surface area contributed by atoms with Crippen molar-refractivity contribution in [2.45, 2.75) is 65.2 Å². The molecule has 0 aliphatic carbocycles. The van der Waals surface area contributed by atoms with Crippen molar-refractivity contribution in [3.8, 4) is 5.75 Å². The number of ether oxygens (including phenoxy) is 1. The van der Waals surface area contributed by atoms with Crippen LogP contribution in [-0.4, -0.2) is 17.7 Å². The third-order valence-electron chi connectivity index (χ3n) is 5.26. The van der Waals surface area contributed by atoms with Crippen molar-refractivity contribution in [3.05, 3.63) is 77.4 Å². The van der Waals surface area contributed by atoms with Crippen LogP contribution >= 0.6 is 0 Å². The Balaban J connectivity index is 1.87. The van der Waals surface area contributed by atoms with Crippen LogP contribution in [-0.2, 0) is 0 Å². The molecule has 3 nitrogen and oxygen atoms in total. The highest BCUT2D eigenvalue weighted by molar-refractivity contribution is 5.92.